The molecule has 1 aromatic rings. The van der Waals surface area contributed by atoms with Crippen molar-refractivity contribution >= 4 is 29.1 Å². The lowest BCUT2D eigenvalue weighted by Gasteiger charge is -2.26. The zero-order valence-electron chi connectivity index (χ0n) is 11.8. The fourth-order valence-corrected chi connectivity index (χ4v) is 4.10. The molecule has 3 heterocycles. The van der Waals surface area contributed by atoms with Crippen LogP contribution in [0, 0.1) is 11.8 Å². The maximum Gasteiger partial charge on any atom is 0.241 e. The number of benzene rings is 1. The summed E-state index contributed by atoms with van der Waals surface area (Å²) in [4.78, 5) is 26.8. The van der Waals surface area contributed by atoms with Crippen LogP contribution in [0.5, 0.6) is 0 Å². The molecule has 2 amide bonds. The molecule has 0 spiro atoms. The van der Waals surface area contributed by atoms with Gasteiger partial charge in [0.2, 0.25) is 11.8 Å². The molecule has 2 bridgehead atoms. The predicted molar refractivity (Wildman–Crippen MR) is 79.4 cm³/mol. The van der Waals surface area contributed by atoms with E-state index in [-0.39, 0.29) is 18.4 Å². The Morgan fingerprint density at radius 3 is 2.68 bits per heavy atom. The van der Waals surface area contributed by atoms with Crippen molar-refractivity contribution in [1.82, 2.24) is 0 Å². The first-order valence-electron chi connectivity index (χ1n) is 7.07. The second kappa shape index (κ2) is 4.19. The van der Waals surface area contributed by atoms with E-state index < -0.39 is 23.0 Å². The number of fused-ring (bicyclic) bond motifs is 5. The van der Waals surface area contributed by atoms with Gasteiger partial charge in [0.1, 0.15) is 5.60 Å². The quantitative estimate of drug-likeness (QED) is 0.663. The number of anilines is 1. The van der Waals surface area contributed by atoms with E-state index in [9.17, 15) is 14.7 Å². The maximum absolute atomic E-state index is 12.8. The van der Waals surface area contributed by atoms with Crippen molar-refractivity contribution < 1.29 is 19.4 Å². The van der Waals surface area contributed by atoms with Crippen LogP contribution in [0.15, 0.2) is 36.4 Å². The molecular weight excluding hydrogens is 306 g/mol. The Kier molecular flexibility index (Phi) is 2.65. The lowest BCUT2D eigenvalue weighted by atomic mass is 9.73. The highest BCUT2D eigenvalue weighted by atomic mass is 35.5. The minimum Gasteiger partial charge on any atom is -0.393 e. The van der Waals surface area contributed by atoms with Gasteiger partial charge in [-0.3, -0.25) is 9.59 Å². The fraction of sp³-hybridized carbons (Fsp3) is 0.375. The number of carbonyl (C=O) groups excluding carboxylic acids is 2. The van der Waals surface area contributed by atoms with Crippen LogP contribution < -0.4 is 4.90 Å². The third-order valence-electron chi connectivity index (χ3n) is 4.87. The van der Waals surface area contributed by atoms with Crippen molar-refractivity contribution in [1.29, 1.82) is 0 Å². The van der Waals surface area contributed by atoms with Gasteiger partial charge in [-0.25, -0.2) is 4.90 Å². The van der Waals surface area contributed by atoms with Gasteiger partial charge in [-0.2, -0.15) is 0 Å². The molecule has 1 N–H and O–H groups in total. The van der Waals surface area contributed by atoms with Crippen molar-refractivity contribution in [2.45, 2.75) is 18.1 Å². The van der Waals surface area contributed by atoms with Gasteiger partial charge in [-0.15, -0.1) is 0 Å². The molecule has 22 heavy (non-hydrogen) atoms. The fourth-order valence-electron chi connectivity index (χ4n) is 3.91. The number of halogens is 1. The molecule has 0 aliphatic carbocycles. The van der Waals surface area contributed by atoms with E-state index in [0.29, 0.717) is 10.7 Å². The molecular formula is C16H14ClNO4. The Balaban J connectivity index is 1.82. The number of hydrogen-bond acceptors (Lipinski definition) is 4. The van der Waals surface area contributed by atoms with Crippen LogP contribution >= 0.6 is 11.6 Å². The molecule has 114 valence electrons. The van der Waals surface area contributed by atoms with Crippen LogP contribution in [0.3, 0.4) is 0 Å². The Labute approximate surface area is 132 Å². The molecule has 1 aromatic carbocycles. The van der Waals surface area contributed by atoms with Gasteiger partial charge in [-0.05, 0) is 25.1 Å². The number of ether oxygens (including phenoxy) is 1. The normalized spacial score (nSPS) is 39.0. The third kappa shape index (κ3) is 1.51. The molecule has 4 atom stereocenters. The third-order valence-corrected chi connectivity index (χ3v) is 5.11. The van der Waals surface area contributed by atoms with E-state index >= 15 is 0 Å². The Bertz CT molecular complexity index is 733. The summed E-state index contributed by atoms with van der Waals surface area (Å²) in [6.45, 7) is 1.45. The molecule has 2 saturated heterocycles. The molecule has 0 saturated carbocycles. The van der Waals surface area contributed by atoms with Gasteiger partial charge in [0.15, 0.2) is 0 Å². The van der Waals surface area contributed by atoms with E-state index in [4.69, 9.17) is 16.3 Å². The first kappa shape index (κ1) is 13.9. The summed E-state index contributed by atoms with van der Waals surface area (Å²) >= 11 is 5.96. The number of carbonyl (C=O) groups is 2. The van der Waals surface area contributed by atoms with Crippen LogP contribution in [0.1, 0.15) is 6.92 Å². The second-order valence-electron chi connectivity index (χ2n) is 6.18. The predicted octanol–water partition coefficient (Wildman–Crippen LogP) is 1.54. The molecule has 0 aromatic heterocycles. The Hall–Kier alpha value is -1.69. The van der Waals surface area contributed by atoms with Gasteiger partial charge in [0, 0.05) is 5.02 Å². The minimum atomic E-state index is -1.10. The lowest BCUT2D eigenvalue weighted by molar-refractivity contribution is -0.131. The van der Waals surface area contributed by atoms with Crippen molar-refractivity contribution in [2.24, 2.45) is 11.8 Å². The summed E-state index contributed by atoms with van der Waals surface area (Å²) < 4.78 is 5.86. The van der Waals surface area contributed by atoms with E-state index in [1.807, 2.05) is 0 Å². The first-order valence-corrected chi connectivity index (χ1v) is 7.44. The van der Waals surface area contributed by atoms with Crippen LogP contribution in [-0.2, 0) is 14.3 Å². The summed E-state index contributed by atoms with van der Waals surface area (Å²) in [6.07, 6.45) is 3.48. The lowest BCUT2D eigenvalue weighted by Crippen LogP contribution is -2.43. The smallest absolute Gasteiger partial charge is 0.241 e. The summed E-state index contributed by atoms with van der Waals surface area (Å²) in [5.41, 5.74) is -1.50. The number of aliphatic hydroxyl groups is 1. The highest BCUT2D eigenvalue weighted by Gasteiger charge is 2.72. The Morgan fingerprint density at radius 2 is 2.00 bits per heavy atom. The van der Waals surface area contributed by atoms with Gasteiger partial charge in [-0.1, -0.05) is 29.8 Å². The Morgan fingerprint density at radius 1 is 1.27 bits per heavy atom. The minimum absolute atomic E-state index is 0.306. The van der Waals surface area contributed by atoms with Crippen LogP contribution in [0.4, 0.5) is 5.69 Å². The van der Waals surface area contributed by atoms with Crippen LogP contribution in [0.2, 0.25) is 5.02 Å². The highest BCUT2D eigenvalue weighted by Crippen LogP contribution is 2.57. The van der Waals surface area contributed by atoms with E-state index in [2.05, 4.69) is 0 Å². The standard InChI is InChI=1S/C16H14ClNO4/c1-15-5-6-16(8-19,22-15)12-11(15)13(20)18(14(12)21)10-4-2-3-9(17)7-10/h2-7,11-12,19H,8H2,1H3/t11-,12+,15-,16-/m0/s1. The average Bonchev–Trinajstić information content (AvgIpc) is 3.05. The number of aliphatic hydroxyl groups excluding tert-OH is 1. The molecule has 6 heteroatoms. The van der Waals surface area contributed by atoms with Gasteiger partial charge < -0.3 is 9.84 Å². The molecule has 2 fully saturated rings. The first-order chi connectivity index (χ1) is 10.4. The SMILES string of the molecule is C[C@@]12C=C[C@@](CO)(O1)[C@H]1C(=O)N(c3cccc(Cl)c3)C(=O)[C@H]12. The summed E-state index contributed by atoms with van der Waals surface area (Å²) in [6, 6.07) is 6.64. The van der Waals surface area contributed by atoms with Crippen LogP contribution in [0.25, 0.3) is 0 Å². The molecule has 0 unspecified atom stereocenters. The zero-order chi connectivity index (χ0) is 15.7. The number of nitrogens with zero attached hydrogens (tertiary/aromatic N) is 1. The maximum atomic E-state index is 12.8. The van der Waals surface area contributed by atoms with E-state index in [0.717, 1.165) is 0 Å². The molecule has 3 aliphatic rings. The van der Waals surface area contributed by atoms with Crippen LogP contribution in [-0.4, -0.2) is 34.7 Å². The van der Waals surface area contributed by atoms with E-state index in [1.165, 1.54) is 4.90 Å². The van der Waals surface area contributed by atoms with Crippen molar-refractivity contribution in [3.63, 3.8) is 0 Å². The summed E-state index contributed by atoms with van der Waals surface area (Å²) in [7, 11) is 0. The summed E-state index contributed by atoms with van der Waals surface area (Å²) in [5.74, 6) is -1.96. The number of amides is 2. The molecule has 5 nitrogen and oxygen atoms in total. The van der Waals surface area contributed by atoms with E-state index in [1.54, 1.807) is 43.3 Å². The second-order valence-corrected chi connectivity index (χ2v) is 6.62. The van der Waals surface area contributed by atoms with Crippen molar-refractivity contribution in [3.05, 3.63) is 41.4 Å². The van der Waals surface area contributed by atoms with Gasteiger partial charge in [0.25, 0.3) is 0 Å². The zero-order valence-corrected chi connectivity index (χ0v) is 12.6. The monoisotopic (exact) mass is 319 g/mol. The van der Waals surface area contributed by atoms with Crippen molar-refractivity contribution in [2.75, 3.05) is 11.5 Å². The highest BCUT2D eigenvalue weighted by molar-refractivity contribution is 6.31. The molecule has 4 rings (SSSR count). The van der Waals surface area contributed by atoms with Gasteiger partial charge >= 0.3 is 0 Å². The van der Waals surface area contributed by atoms with Crippen molar-refractivity contribution in [3.8, 4) is 0 Å². The van der Waals surface area contributed by atoms with Gasteiger partial charge in [0.05, 0.1) is 29.7 Å². The summed E-state index contributed by atoms with van der Waals surface area (Å²) in [5, 5.41) is 10.2. The molecule has 3 aliphatic heterocycles. The largest absolute Gasteiger partial charge is 0.393 e. The molecule has 0 radical (unpaired) electrons. The number of imide groups is 1. The average molecular weight is 320 g/mol. The number of hydrogen-bond donors (Lipinski definition) is 1. The number of rotatable bonds is 2. The topological polar surface area (TPSA) is 66.8 Å².